The van der Waals surface area contributed by atoms with Crippen LogP contribution in [0.5, 0.6) is 0 Å². The maximum atomic E-state index is 12.6. The Morgan fingerprint density at radius 3 is 2.52 bits per heavy atom. The summed E-state index contributed by atoms with van der Waals surface area (Å²) < 4.78 is 0. The van der Waals surface area contributed by atoms with E-state index in [9.17, 15) is 9.59 Å². The van der Waals surface area contributed by atoms with Gasteiger partial charge in [-0.15, -0.1) is 0 Å². The van der Waals surface area contributed by atoms with Crippen molar-refractivity contribution in [1.29, 1.82) is 0 Å². The predicted octanol–water partition coefficient (Wildman–Crippen LogP) is 3.41. The third-order valence-electron chi connectivity index (χ3n) is 4.10. The fraction of sp³-hybridized carbons (Fsp3) is 0.316. The van der Waals surface area contributed by atoms with Crippen LogP contribution in [0.4, 0.5) is 17.1 Å². The molecule has 0 atom stereocenters. The molecule has 1 aromatic heterocycles. The van der Waals surface area contributed by atoms with Gasteiger partial charge >= 0.3 is 0 Å². The second-order valence-corrected chi connectivity index (χ2v) is 6.20. The molecule has 1 aliphatic rings. The van der Waals surface area contributed by atoms with E-state index in [0.717, 1.165) is 37.3 Å². The van der Waals surface area contributed by atoms with Crippen LogP contribution in [0.15, 0.2) is 42.7 Å². The monoisotopic (exact) mass is 338 g/mol. The van der Waals surface area contributed by atoms with E-state index in [1.807, 2.05) is 35.2 Å². The number of aromatic nitrogens is 1. The number of nitrogens with zero attached hydrogens (tertiary/aromatic N) is 2. The van der Waals surface area contributed by atoms with Crippen LogP contribution in [-0.4, -0.2) is 34.8 Å². The Labute approximate surface area is 147 Å². The average molecular weight is 338 g/mol. The number of hydrogen-bond donors (Lipinski definition) is 2. The lowest BCUT2D eigenvalue weighted by atomic mass is 10.1. The van der Waals surface area contributed by atoms with E-state index in [-0.39, 0.29) is 11.8 Å². The maximum absolute atomic E-state index is 12.6. The first-order valence-electron chi connectivity index (χ1n) is 8.51. The summed E-state index contributed by atoms with van der Waals surface area (Å²) in [5.41, 5.74) is 2.86. The number of pyridine rings is 1. The Kier molecular flexibility index (Phi) is 5.28. The van der Waals surface area contributed by atoms with E-state index in [1.54, 1.807) is 12.4 Å². The fourth-order valence-electron chi connectivity index (χ4n) is 2.95. The molecule has 2 N–H and O–H groups in total. The van der Waals surface area contributed by atoms with Gasteiger partial charge in [0.1, 0.15) is 0 Å². The van der Waals surface area contributed by atoms with Crippen LogP contribution in [0.2, 0.25) is 0 Å². The van der Waals surface area contributed by atoms with E-state index >= 15 is 0 Å². The van der Waals surface area contributed by atoms with Crippen molar-refractivity contribution in [2.45, 2.75) is 26.2 Å². The molecule has 0 unspecified atom stereocenters. The van der Waals surface area contributed by atoms with Gasteiger partial charge in [-0.1, -0.05) is 6.07 Å². The van der Waals surface area contributed by atoms with Crippen molar-refractivity contribution in [3.05, 3.63) is 48.3 Å². The molecular weight excluding hydrogens is 316 g/mol. The second kappa shape index (κ2) is 7.79. The molecule has 2 heterocycles. The molecule has 130 valence electrons. The van der Waals surface area contributed by atoms with Crippen LogP contribution in [-0.2, 0) is 4.79 Å². The summed E-state index contributed by atoms with van der Waals surface area (Å²) in [6, 6.07) is 9.21. The molecule has 1 aliphatic heterocycles. The van der Waals surface area contributed by atoms with Crippen molar-refractivity contribution >= 4 is 28.9 Å². The number of anilines is 3. The Hall–Kier alpha value is -2.89. The van der Waals surface area contributed by atoms with Gasteiger partial charge in [-0.05, 0) is 43.5 Å². The summed E-state index contributed by atoms with van der Waals surface area (Å²) in [5, 5.41) is 5.98. The number of carbonyl (C=O) groups excluding carboxylic acids is 2. The highest BCUT2D eigenvalue weighted by Gasteiger charge is 2.18. The largest absolute Gasteiger partial charge is 0.354 e. The lowest BCUT2D eigenvalue weighted by Crippen LogP contribution is -2.35. The molecule has 1 aromatic carbocycles. The molecule has 0 saturated carbocycles. The van der Waals surface area contributed by atoms with Crippen LogP contribution in [0.3, 0.4) is 0 Å². The zero-order valence-electron chi connectivity index (χ0n) is 14.3. The van der Waals surface area contributed by atoms with Crippen molar-refractivity contribution in [3.63, 3.8) is 0 Å². The Bertz CT molecular complexity index is 770. The van der Waals surface area contributed by atoms with E-state index < -0.39 is 0 Å². The number of hydrogen-bond acceptors (Lipinski definition) is 4. The molecule has 0 spiro atoms. The van der Waals surface area contributed by atoms with E-state index in [1.165, 1.54) is 13.3 Å². The molecule has 1 saturated heterocycles. The summed E-state index contributed by atoms with van der Waals surface area (Å²) in [7, 11) is 0. The number of likely N-dealkylation sites (tertiary alicyclic amines) is 1. The van der Waals surface area contributed by atoms with Crippen molar-refractivity contribution in [2.24, 2.45) is 0 Å². The van der Waals surface area contributed by atoms with E-state index in [2.05, 4.69) is 15.6 Å². The highest BCUT2D eigenvalue weighted by Crippen LogP contribution is 2.21. The highest BCUT2D eigenvalue weighted by molar-refractivity contribution is 5.95. The molecule has 6 heteroatoms. The lowest BCUT2D eigenvalue weighted by Gasteiger charge is -2.26. The first kappa shape index (κ1) is 17.0. The molecule has 0 radical (unpaired) electrons. The van der Waals surface area contributed by atoms with Crippen LogP contribution in [0.1, 0.15) is 36.5 Å². The van der Waals surface area contributed by atoms with E-state index in [0.29, 0.717) is 11.3 Å². The predicted molar refractivity (Wildman–Crippen MR) is 98.0 cm³/mol. The number of rotatable bonds is 4. The summed E-state index contributed by atoms with van der Waals surface area (Å²) in [6.07, 6.45) is 6.60. The van der Waals surface area contributed by atoms with E-state index in [4.69, 9.17) is 0 Å². The SMILES string of the molecule is CC(=O)Nc1cccc(Nc2cncc(C(=O)N3CCCCC3)c2)c1. The molecule has 25 heavy (non-hydrogen) atoms. The number of nitrogens with one attached hydrogen (secondary N) is 2. The highest BCUT2D eigenvalue weighted by atomic mass is 16.2. The average Bonchev–Trinajstić information content (AvgIpc) is 2.62. The summed E-state index contributed by atoms with van der Waals surface area (Å²) in [5.74, 6) is -0.0872. The minimum Gasteiger partial charge on any atom is -0.354 e. The third kappa shape index (κ3) is 4.56. The Morgan fingerprint density at radius 2 is 1.76 bits per heavy atom. The first-order chi connectivity index (χ1) is 12.1. The Balaban J connectivity index is 1.73. The standard InChI is InChI=1S/C19H22N4O2/c1-14(24)21-16-6-5-7-17(11-16)22-18-10-15(12-20-13-18)19(25)23-8-3-2-4-9-23/h5-7,10-13,22H,2-4,8-9H2,1H3,(H,21,24). The zero-order valence-corrected chi connectivity index (χ0v) is 14.3. The molecule has 2 aromatic rings. The fourth-order valence-corrected chi connectivity index (χ4v) is 2.95. The van der Waals surface area contributed by atoms with Crippen LogP contribution >= 0.6 is 0 Å². The van der Waals surface area contributed by atoms with Crippen LogP contribution < -0.4 is 10.6 Å². The van der Waals surface area contributed by atoms with Gasteiger partial charge in [-0.3, -0.25) is 14.6 Å². The van der Waals surface area contributed by atoms with Gasteiger partial charge in [0, 0.05) is 37.6 Å². The molecule has 0 aliphatic carbocycles. The van der Waals surface area contributed by atoms with Crippen molar-refractivity contribution < 1.29 is 9.59 Å². The topological polar surface area (TPSA) is 74.3 Å². The van der Waals surface area contributed by atoms with Gasteiger partial charge in [0.25, 0.3) is 5.91 Å². The van der Waals surface area contributed by atoms with Crippen molar-refractivity contribution in [1.82, 2.24) is 9.88 Å². The van der Waals surface area contributed by atoms with Gasteiger partial charge < -0.3 is 15.5 Å². The summed E-state index contributed by atoms with van der Waals surface area (Å²) in [4.78, 5) is 29.8. The van der Waals surface area contributed by atoms with Gasteiger partial charge in [0.15, 0.2) is 0 Å². The minimum absolute atomic E-state index is 0.0304. The van der Waals surface area contributed by atoms with Crippen molar-refractivity contribution in [2.75, 3.05) is 23.7 Å². The number of piperidine rings is 1. The smallest absolute Gasteiger partial charge is 0.255 e. The van der Waals surface area contributed by atoms with Gasteiger partial charge in [-0.2, -0.15) is 0 Å². The zero-order chi connectivity index (χ0) is 17.6. The molecular formula is C19H22N4O2. The molecule has 3 rings (SSSR count). The Morgan fingerprint density at radius 1 is 1.00 bits per heavy atom. The normalized spacial score (nSPS) is 14.0. The first-order valence-corrected chi connectivity index (χ1v) is 8.51. The third-order valence-corrected chi connectivity index (χ3v) is 4.10. The molecule has 6 nitrogen and oxygen atoms in total. The number of carbonyl (C=O) groups is 2. The molecule has 2 amide bonds. The lowest BCUT2D eigenvalue weighted by molar-refractivity contribution is -0.114. The van der Waals surface area contributed by atoms with Crippen LogP contribution in [0, 0.1) is 0 Å². The quantitative estimate of drug-likeness (QED) is 0.896. The summed E-state index contributed by atoms with van der Waals surface area (Å²) in [6.45, 7) is 3.10. The van der Waals surface area contributed by atoms with Gasteiger partial charge in [-0.25, -0.2) is 0 Å². The molecule has 1 fully saturated rings. The minimum atomic E-state index is -0.118. The summed E-state index contributed by atoms with van der Waals surface area (Å²) >= 11 is 0. The number of benzene rings is 1. The maximum Gasteiger partial charge on any atom is 0.255 e. The molecule has 0 bridgehead atoms. The number of amides is 2. The van der Waals surface area contributed by atoms with Crippen LogP contribution in [0.25, 0.3) is 0 Å². The van der Waals surface area contributed by atoms with Gasteiger partial charge in [0.2, 0.25) is 5.91 Å². The van der Waals surface area contributed by atoms with Crippen molar-refractivity contribution in [3.8, 4) is 0 Å². The van der Waals surface area contributed by atoms with Gasteiger partial charge in [0.05, 0.1) is 17.4 Å². The second-order valence-electron chi connectivity index (χ2n) is 6.20.